The lowest BCUT2D eigenvalue weighted by Crippen LogP contribution is -2.46. The van der Waals surface area contributed by atoms with E-state index in [0.29, 0.717) is 32.7 Å². The van der Waals surface area contributed by atoms with Crippen LogP contribution in [0.1, 0.15) is 12.0 Å². The number of alkyl carbamates (subject to hydrolysis) is 1. The van der Waals surface area contributed by atoms with Crippen LogP contribution in [-0.4, -0.2) is 54.5 Å². The zero-order valence-electron chi connectivity index (χ0n) is 12.2. The van der Waals surface area contributed by atoms with Gasteiger partial charge >= 0.3 is 12.2 Å². The molecule has 2 amide bonds. The van der Waals surface area contributed by atoms with Crippen molar-refractivity contribution in [3.8, 4) is 0 Å². The maximum atomic E-state index is 11.6. The average molecular weight is 308 g/mol. The summed E-state index contributed by atoms with van der Waals surface area (Å²) in [5, 5.41) is 11.6. The van der Waals surface area contributed by atoms with Crippen LogP contribution in [0.2, 0.25) is 0 Å². The van der Waals surface area contributed by atoms with Gasteiger partial charge in [-0.25, -0.2) is 9.59 Å². The minimum Gasteiger partial charge on any atom is -0.465 e. The Kier molecular flexibility index (Phi) is 6.02. The van der Waals surface area contributed by atoms with Crippen LogP contribution in [-0.2, 0) is 16.1 Å². The summed E-state index contributed by atoms with van der Waals surface area (Å²) in [6, 6.07) is 9.41. The Morgan fingerprint density at radius 1 is 1.36 bits per heavy atom. The van der Waals surface area contributed by atoms with Crippen molar-refractivity contribution in [2.24, 2.45) is 0 Å². The van der Waals surface area contributed by atoms with Gasteiger partial charge in [-0.15, -0.1) is 0 Å². The molecule has 22 heavy (non-hydrogen) atoms. The number of nitrogens with one attached hydrogen (secondary N) is 1. The number of hydrogen-bond donors (Lipinski definition) is 2. The van der Waals surface area contributed by atoms with E-state index in [1.165, 1.54) is 4.90 Å². The van der Waals surface area contributed by atoms with Crippen LogP contribution in [0.25, 0.3) is 0 Å². The molecule has 1 aliphatic heterocycles. The van der Waals surface area contributed by atoms with E-state index in [0.717, 1.165) is 5.56 Å². The summed E-state index contributed by atoms with van der Waals surface area (Å²) in [6.45, 7) is 1.70. The first-order chi connectivity index (χ1) is 10.6. The number of benzene rings is 1. The van der Waals surface area contributed by atoms with Gasteiger partial charge in [-0.1, -0.05) is 30.3 Å². The largest absolute Gasteiger partial charge is 0.465 e. The molecular weight excluding hydrogens is 288 g/mol. The van der Waals surface area contributed by atoms with Gasteiger partial charge < -0.3 is 24.8 Å². The monoisotopic (exact) mass is 308 g/mol. The van der Waals surface area contributed by atoms with Crippen LogP contribution in [0.4, 0.5) is 9.59 Å². The third-order valence-corrected chi connectivity index (χ3v) is 3.36. The summed E-state index contributed by atoms with van der Waals surface area (Å²) in [5.41, 5.74) is 0.922. The lowest BCUT2D eigenvalue weighted by Gasteiger charge is -2.30. The fraction of sp³-hybridized carbons (Fsp3) is 0.467. The summed E-state index contributed by atoms with van der Waals surface area (Å²) < 4.78 is 10.6. The van der Waals surface area contributed by atoms with Crippen molar-refractivity contribution >= 4 is 12.2 Å². The van der Waals surface area contributed by atoms with E-state index >= 15 is 0 Å². The number of rotatable bonds is 5. The van der Waals surface area contributed by atoms with E-state index in [4.69, 9.17) is 14.6 Å². The van der Waals surface area contributed by atoms with Crippen molar-refractivity contribution in [3.63, 3.8) is 0 Å². The number of carbonyl (C=O) groups is 2. The van der Waals surface area contributed by atoms with Gasteiger partial charge in [-0.2, -0.15) is 0 Å². The molecule has 7 heteroatoms. The second kappa shape index (κ2) is 8.23. The molecule has 1 aliphatic rings. The van der Waals surface area contributed by atoms with Crippen LogP contribution in [0.15, 0.2) is 30.3 Å². The Labute approximate surface area is 128 Å². The number of hydrogen-bond acceptors (Lipinski definition) is 4. The van der Waals surface area contributed by atoms with Crippen LogP contribution < -0.4 is 5.32 Å². The van der Waals surface area contributed by atoms with Crippen molar-refractivity contribution in [2.75, 3.05) is 26.2 Å². The Hall–Kier alpha value is -2.28. The van der Waals surface area contributed by atoms with E-state index in [-0.39, 0.29) is 12.7 Å². The normalized spacial score (nSPS) is 17.8. The highest BCUT2D eigenvalue weighted by atomic mass is 16.5. The highest BCUT2D eigenvalue weighted by molar-refractivity contribution is 5.67. The van der Waals surface area contributed by atoms with Gasteiger partial charge in [-0.05, 0) is 12.0 Å². The molecule has 7 nitrogen and oxygen atoms in total. The second-order valence-corrected chi connectivity index (χ2v) is 5.00. The van der Waals surface area contributed by atoms with Gasteiger partial charge in [-0.3, -0.25) is 0 Å². The highest BCUT2D eigenvalue weighted by Gasteiger charge is 2.23. The number of carboxylic acid groups (broad SMARTS) is 1. The Morgan fingerprint density at radius 3 is 2.86 bits per heavy atom. The molecule has 1 aromatic rings. The molecule has 0 unspecified atom stereocenters. The predicted molar refractivity (Wildman–Crippen MR) is 78.6 cm³/mol. The molecule has 1 saturated heterocycles. The molecule has 1 aromatic carbocycles. The van der Waals surface area contributed by atoms with Crippen molar-refractivity contribution < 1.29 is 24.2 Å². The molecule has 0 bridgehead atoms. The number of ether oxygens (including phenoxy) is 2. The van der Waals surface area contributed by atoms with Gasteiger partial charge in [0.2, 0.25) is 0 Å². The Bertz CT molecular complexity index is 494. The van der Waals surface area contributed by atoms with E-state index in [9.17, 15) is 9.59 Å². The fourth-order valence-electron chi connectivity index (χ4n) is 2.18. The molecule has 1 atom stereocenters. The first kappa shape index (κ1) is 16.1. The molecule has 1 fully saturated rings. The fourth-order valence-corrected chi connectivity index (χ4v) is 2.18. The minimum atomic E-state index is -0.941. The van der Waals surface area contributed by atoms with Gasteiger partial charge in [0, 0.05) is 13.1 Å². The van der Waals surface area contributed by atoms with E-state index in [2.05, 4.69) is 5.32 Å². The number of amides is 2. The summed E-state index contributed by atoms with van der Waals surface area (Å²) in [4.78, 5) is 23.8. The van der Waals surface area contributed by atoms with E-state index < -0.39 is 12.2 Å². The van der Waals surface area contributed by atoms with E-state index in [1.54, 1.807) is 0 Å². The van der Waals surface area contributed by atoms with Gasteiger partial charge in [0.25, 0.3) is 0 Å². The molecular formula is C15H20N2O5. The lowest BCUT2D eigenvalue weighted by atomic mass is 10.2. The quantitative estimate of drug-likeness (QED) is 0.864. The maximum absolute atomic E-state index is 11.6. The maximum Gasteiger partial charge on any atom is 0.407 e. The summed E-state index contributed by atoms with van der Waals surface area (Å²) >= 11 is 0. The molecule has 0 aromatic heterocycles. The first-order valence-corrected chi connectivity index (χ1v) is 7.19. The number of carbonyl (C=O) groups excluding carboxylic acids is 1. The van der Waals surface area contributed by atoms with Crippen molar-refractivity contribution in [1.82, 2.24) is 10.2 Å². The summed E-state index contributed by atoms with van der Waals surface area (Å²) in [6.07, 6.45) is -1.08. The molecule has 1 heterocycles. The van der Waals surface area contributed by atoms with Crippen LogP contribution in [0.5, 0.6) is 0 Å². The topological polar surface area (TPSA) is 88.1 Å². The molecule has 2 N–H and O–H groups in total. The second-order valence-electron chi connectivity index (χ2n) is 5.00. The SMILES string of the molecule is O=C(NCC[C@@H]1CN(C(=O)O)CCO1)OCc1ccccc1. The summed E-state index contributed by atoms with van der Waals surface area (Å²) in [5.74, 6) is 0. The van der Waals surface area contributed by atoms with Crippen LogP contribution >= 0.6 is 0 Å². The predicted octanol–water partition coefficient (Wildman–Crippen LogP) is 1.68. The van der Waals surface area contributed by atoms with Gasteiger partial charge in [0.15, 0.2) is 0 Å². The lowest BCUT2D eigenvalue weighted by molar-refractivity contribution is -0.0249. The molecule has 0 spiro atoms. The van der Waals surface area contributed by atoms with Crippen molar-refractivity contribution in [1.29, 1.82) is 0 Å². The molecule has 0 radical (unpaired) electrons. The molecule has 0 aliphatic carbocycles. The zero-order chi connectivity index (χ0) is 15.8. The third-order valence-electron chi connectivity index (χ3n) is 3.36. The Balaban J connectivity index is 1.61. The van der Waals surface area contributed by atoms with Gasteiger partial charge in [0.05, 0.1) is 19.3 Å². The van der Waals surface area contributed by atoms with Crippen LogP contribution in [0.3, 0.4) is 0 Å². The standard InChI is InChI=1S/C15H20N2O5/c18-14(22-11-12-4-2-1-3-5-12)16-7-6-13-10-17(15(19)20)8-9-21-13/h1-5,13H,6-11H2,(H,16,18)(H,19,20)/t13-/m1/s1. The number of nitrogens with zero attached hydrogens (tertiary/aromatic N) is 1. The third kappa shape index (κ3) is 5.25. The van der Waals surface area contributed by atoms with Gasteiger partial charge in [0.1, 0.15) is 6.61 Å². The summed E-state index contributed by atoms with van der Waals surface area (Å²) in [7, 11) is 0. The molecule has 0 saturated carbocycles. The van der Waals surface area contributed by atoms with E-state index in [1.807, 2.05) is 30.3 Å². The van der Waals surface area contributed by atoms with Crippen molar-refractivity contribution in [2.45, 2.75) is 19.1 Å². The Morgan fingerprint density at radius 2 is 2.14 bits per heavy atom. The van der Waals surface area contributed by atoms with Crippen LogP contribution in [0, 0.1) is 0 Å². The molecule has 2 rings (SSSR count). The first-order valence-electron chi connectivity index (χ1n) is 7.19. The highest BCUT2D eigenvalue weighted by Crippen LogP contribution is 2.08. The van der Waals surface area contributed by atoms with Crippen molar-refractivity contribution in [3.05, 3.63) is 35.9 Å². The minimum absolute atomic E-state index is 0.195. The zero-order valence-corrected chi connectivity index (χ0v) is 12.2. The smallest absolute Gasteiger partial charge is 0.407 e. The molecule has 120 valence electrons. The number of morpholine rings is 1. The average Bonchev–Trinajstić information content (AvgIpc) is 2.54.